The maximum atomic E-state index is 11.7. The third-order valence-electron chi connectivity index (χ3n) is 18.3. The zero-order valence-electron chi connectivity index (χ0n) is 74.2. The number of Topliss-reactive ketones (excluding diaryl/α,β-unsaturated/α-hetero) is 1. The van der Waals surface area contributed by atoms with Crippen LogP contribution in [0.1, 0.15) is 323 Å². The molecule has 7 rings (SSSR count). The maximum Gasteiger partial charge on any atom is 0.304 e. The van der Waals surface area contributed by atoms with Crippen molar-refractivity contribution < 1.29 is 43.2 Å². The van der Waals surface area contributed by atoms with E-state index in [-0.39, 0.29) is 101 Å². The average Bonchev–Trinajstić information content (AvgIpc) is 1.79. The van der Waals surface area contributed by atoms with E-state index in [1.54, 1.807) is 12.5 Å². The Bertz CT molecular complexity index is 2860. The molecule has 1 atom stereocenters. The summed E-state index contributed by atoms with van der Waals surface area (Å²) in [7, 11) is 2.16. The number of nitrogens with one attached hydrogen (secondary N) is 2. The van der Waals surface area contributed by atoms with Gasteiger partial charge in [0.05, 0.1) is 25.3 Å². The van der Waals surface area contributed by atoms with Gasteiger partial charge in [-0.25, -0.2) is 0 Å². The number of carboxylic acids is 1. The summed E-state index contributed by atoms with van der Waals surface area (Å²) in [6, 6.07) is 0. The molecule has 0 spiro atoms. The third kappa shape index (κ3) is 28.5. The number of hydrogen-bond acceptors (Lipinski definition) is 11. The second kappa shape index (κ2) is 33.7. The van der Waals surface area contributed by atoms with E-state index in [9.17, 15) is 14.4 Å². The lowest BCUT2D eigenvalue weighted by Crippen LogP contribution is -2.38. The van der Waals surface area contributed by atoms with Crippen molar-refractivity contribution in [2.75, 3.05) is 59.8 Å². The van der Waals surface area contributed by atoms with Gasteiger partial charge in [0.25, 0.3) is 0 Å². The number of aliphatic carboxylic acids is 1. The van der Waals surface area contributed by atoms with Gasteiger partial charge in [-0.1, -0.05) is 291 Å². The van der Waals surface area contributed by atoms with Crippen molar-refractivity contribution in [1.82, 2.24) is 20.4 Å². The lowest BCUT2D eigenvalue weighted by molar-refractivity contribution is -0.137. The van der Waals surface area contributed by atoms with Gasteiger partial charge in [-0.3, -0.25) is 14.4 Å². The Morgan fingerprint density at radius 2 is 0.822 bits per heavy atom. The van der Waals surface area contributed by atoms with Crippen LogP contribution in [0.5, 0.6) is 0 Å². The summed E-state index contributed by atoms with van der Waals surface area (Å²) >= 11 is 0. The number of nitrogens with zero attached hydrogens (tertiary/aromatic N) is 2. The first kappa shape index (κ1) is 94.2. The Morgan fingerprint density at radius 1 is 0.406 bits per heavy atom. The molecule has 7 aliphatic rings. The third-order valence-corrected chi connectivity index (χ3v) is 18.3. The molecule has 0 aromatic carbocycles. The van der Waals surface area contributed by atoms with Crippen LogP contribution in [0.4, 0.5) is 0 Å². The lowest BCUT2D eigenvalue weighted by Gasteiger charge is -2.41. The monoisotopic (exact) mass is 1420 g/mol. The first-order valence-corrected chi connectivity index (χ1v) is 38.1. The fourth-order valence-corrected chi connectivity index (χ4v) is 14.3. The number of carboxylic acid groups (broad SMARTS) is 1. The molecule has 13 heteroatoms. The summed E-state index contributed by atoms with van der Waals surface area (Å²) in [6.45, 7) is 99.8. The molecule has 0 bridgehead atoms. The van der Waals surface area contributed by atoms with E-state index in [1.807, 2.05) is 4.90 Å². The molecule has 1 unspecified atom stereocenters. The first-order valence-electron chi connectivity index (χ1n) is 38.1. The van der Waals surface area contributed by atoms with Gasteiger partial charge in [-0.15, -0.1) is 0 Å². The highest BCUT2D eigenvalue weighted by Gasteiger charge is 2.43. The summed E-state index contributed by atoms with van der Waals surface area (Å²) in [5, 5.41) is 16.0. The van der Waals surface area contributed by atoms with Crippen LogP contribution < -0.4 is 10.6 Å². The van der Waals surface area contributed by atoms with Crippen molar-refractivity contribution in [3.63, 3.8) is 0 Å². The number of rotatable bonds is 2. The summed E-state index contributed by atoms with van der Waals surface area (Å²) in [5.74, 6) is 4.97. The molecule has 0 aromatic heterocycles. The molecule has 0 radical (unpaired) electrons. The van der Waals surface area contributed by atoms with Crippen LogP contribution in [-0.2, 0) is 38.1 Å². The average molecular weight is 1420 g/mol. The van der Waals surface area contributed by atoms with Crippen LogP contribution in [0, 0.1) is 81.7 Å². The zero-order chi connectivity index (χ0) is 80.0. The predicted molar refractivity (Wildman–Crippen MR) is 427 cm³/mol. The second-order valence-electron chi connectivity index (χ2n) is 43.6. The number of amides is 1. The summed E-state index contributed by atoms with van der Waals surface area (Å²) in [5.41, 5.74) is 13.4. The van der Waals surface area contributed by atoms with Crippen molar-refractivity contribution in [2.24, 2.45) is 81.7 Å². The highest BCUT2D eigenvalue weighted by atomic mass is 16.7. The Balaban J connectivity index is 0.000000590. The molecule has 13 nitrogen and oxygen atoms in total. The minimum Gasteiger partial charge on any atom is -0.497 e. The molecule has 0 fully saturated rings. The maximum absolute atomic E-state index is 11.7. The Morgan fingerprint density at radius 3 is 1.13 bits per heavy atom. The quantitative estimate of drug-likeness (QED) is 0.242. The van der Waals surface area contributed by atoms with Crippen molar-refractivity contribution in [3.8, 4) is 0 Å². The molecule has 0 saturated heterocycles. The van der Waals surface area contributed by atoms with Crippen molar-refractivity contribution in [1.29, 1.82) is 0 Å². The van der Waals surface area contributed by atoms with Gasteiger partial charge in [0.2, 0.25) is 12.7 Å². The highest BCUT2D eigenvalue weighted by molar-refractivity contribution is 6.00. The van der Waals surface area contributed by atoms with Gasteiger partial charge in [0.15, 0.2) is 12.4 Å². The van der Waals surface area contributed by atoms with Crippen molar-refractivity contribution in [3.05, 3.63) is 79.4 Å². The highest BCUT2D eigenvalue weighted by Crippen LogP contribution is 2.49. The number of carbonyl (C=O) groups is 3. The number of allylic oxidation sites excluding steroid dienone is 9. The van der Waals surface area contributed by atoms with E-state index in [2.05, 4.69) is 313 Å². The summed E-state index contributed by atoms with van der Waals surface area (Å²) < 4.78 is 28.2. The molecule has 101 heavy (non-hydrogen) atoms. The SMILES string of the molecule is CC(=O)N1CCC(C(C)(C)C)=C1C(C)(C)C.CC(C)(C)C1=C(C(C)(C)C)C(=O)CO1.CC(C)(C)C1=C(C(C)(C)C)C(CC(=O)O)CN1.CC(C)(C)C1=C(C(C)(C)C)NCC1.CC(C)(C)C1=C(C(C)(C)C)OCC1.CC(C)(C)C1=C(C(C)(C)C)OCO1.CN1CCOC(C(C)(C)C)=C1C(C)(C)C. The Hall–Kier alpha value is -4.81. The Kier molecular flexibility index (Phi) is 31.5. The van der Waals surface area contributed by atoms with Crippen LogP contribution >= 0.6 is 0 Å². The van der Waals surface area contributed by atoms with E-state index in [1.165, 1.54) is 51.7 Å². The normalized spacial score (nSPS) is 19.4. The Labute approximate surface area is 622 Å². The molecule has 1 amide bonds. The standard InChI is InChI=1S/C14H25NO2.C14H25NO.C13H25NO.C12H23N.C12H20O2.C12H22O.C11H20O2/c1-13(2,3)11-9(7-10(16)17)8-15-12(11)14(4,5)6;1-10(16)15-9-8-11(13(2,3)4)12(15)14(5,6)7;1-12(2,3)10-11(13(4,5)6)15-9-8-14(10)7;1-11(2,3)9-7-8-13-10(9)12(4,5)6;1-11(2,3)9-8(13)7-14-10(9)12(4,5)6;1-11(2,3)9-7-8-13-10(9)12(4,5)6;1-10(2,3)8-9(11(4,5)6)13-7-12-8/h9,15H,7-8H2,1-6H3,(H,16,17);8-9H2,1-7H3;8-9H2,1-7H3;13H,7-8H2,1-6H3;7H2,1-6H3;7-8H2,1-6H3;7H2,1-6H3. The number of ether oxygens (including phenoxy) is 5. The van der Waals surface area contributed by atoms with E-state index in [0.717, 1.165) is 80.8 Å². The number of carbonyl (C=O) groups excluding carboxylic acids is 2. The molecule has 586 valence electrons. The minimum absolute atomic E-state index is 0.0201. The van der Waals surface area contributed by atoms with E-state index < -0.39 is 5.97 Å². The molecule has 0 aromatic rings. The molecule has 0 aliphatic carbocycles. The first-order chi connectivity index (χ1) is 44.5. The fraction of sp³-hybridized carbons (Fsp3) is 0.807. The van der Waals surface area contributed by atoms with Crippen LogP contribution in [-0.4, -0.2) is 92.4 Å². The molecular weight excluding hydrogens is 1260 g/mol. The number of likely N-dealkylation sites (N-methyl/N-ethyl adjacent to an activating group) is 1. The number of hydrogen-bond donors (Lipinski definition) is 3. The molecule has 0 saturated carbocycles. The van der Waals surface area contributed by atoms with Gasteiger partial charge >= 0.3 is 5.97 Å². The smallest absolute Gasteiger partial charge is 0.304 e. The van der Waals surface area contributed by atoms with Crippen LogP contribution in [0.2, 0.25) is 0 Å². The van der Waals surface area contributed by atoms with Gasteiger partial charge < -0.3 is 49.2 Å². The minimum atomic E-state index is -0.714. The van der Waals surface area contributed by atoms with Crippen LogP contribution in [0.3, 0.4) is 0 Å². The van der Waals surface area contributed by atoms with Crippen molar-refractivity contribution >= 4 is 17.7 Å². The largest absolute Gasteiger partial charge is 0.497 e. The topological polar surface area (TPSA) is 148 Å². The van der Waals surface area contributed by atoms with Gasteiger partial charge in [0.1, 0.15) is 35.4 Å². The zero-order valence-corrected chi connectivity index (χ0v) is 74.2. The van der Waals surface area contributed by atoms with Crippen LogP contribution in [0.25, 0.3) is 0 Å². The van der Waals surface area contributed by atoms with Gasteiger partial charge in [-0.05, 0) is 62.2 Å². The van der Waals surface area contributed by atoms with Gasteiger partial charge in [-0.2, -0.15) is 0 Å². The summed E-state index contributed by atoms with van der Waals surface area (Å²) in [6.07, 6.45) is 3.57. The lowest BCUT2D eigenvalue weighted by atomic mass is 9.74. The van der Waals surface area contributed by atoms with E-state index >= 15 is 0 Å². The molecule has 7 heterocycles. The second-order valence-corrected chi connectivity index (χ2v) is 43.6. The van der Waals surface area contributed by atoms with Crippen molar-refractivity contribution in [2.45, 2.75) is 323 Å². The van der Waals surface area contributed by atoms with E-state index in [4.69, 9.17) is 28.8 Å². The van der Waals surface area contributed by atoms with E-state index in [0.29, 0.717) is 12.2 Å². The van der Waals surface area contributed by atoms with Gasteiger partial charge in [0, 0.05) is 117 Å². The number of ketones is 1. The summed E-state index contributed by atoms with van der Waals surface area (Å²) in [4.78, 5) is 38.6. The van der Waals surface area contributed by atoms with Crippen LogP contribution in [0.15, 0.2) is 79.4 Å². The predicted octanol–water partition coefficient (Wildman–Crippen LogP) is 23.2. The molecule has 7 aliphatic heterocycles. The molecule has 3 N–H and O–H groups in total. The molecular formula is C88H160N4O9. The fourth-order valence-electron chi connectivity index (χ4n) is 14.3.